The van der Waals surface area contributed by atoms with Crippen LogP contribution in [0.4, 0.5) is 0 Å². The molecule has 25 heavy (non-hydrogen) atoms. The van der Waals surface area contributed by atoms with E-state index in [4.69, 9.17) is 0 Å². The van der Waals surface area contributed by atoms with E-state index in [-0.39, 0.29) is 17.9 Å². The normalized spacial score (nSPS) is 12.0. The van der Waals surface area contributed by atoms with Gasteiger partial charge in [0.2, 0.25) is 5.91 Å². The minimum atomic E-state index is -0.0414. The molecule has 2 aromatic rings. The maximum absolute atomic E-state index is 12.6. The zero-order valence-corrected chi connectivity index (χ0v) is 15.9. The number of hydrogen-bond acceptors (Lipinski definition) is 3. The van der Waals surface area contributed by atoms with Crippen molar-refractivity contribution in [1.29, 1.82) is 0 Å². The highest BCUT2D eigenvalue weighted by Crippen LogP contribution is 2.15. The Bertz CT molecular complexity index is 668. The van der Waals surface area contributed by atoms with Gasteiger partial charge in [0.25, 0.3) is 5.91 Å². The minimum absolute atomic E-state index is 0.00704. The predicted molar refractivity (Wildman–Crippen MR) is 103 cm³/mol. The third kappa shape index (κ3) is 6.02. The third-order valence-electron chi connectivity index (χ3n) is 3.89. The molecule has 1 atom stereocenters. The highest BCUT2D eigenvalue weighted by Gasteiger charge is 2.19. The number of carbonyl (C=O) groups excluding carboxylic acids is 2. The van der Waals surface area contributed by atoms with Crippen LogP contribution in [0.25, 0.3) is 0 Å². The average molecular weight is 359 g/mol. The summed E-state index contributed by atoms with van der Waals surface area (Å²) in [6.07, 6.45) is 0.307. The average Bonchev–Trinajstić information content (AvgIpc) is 3.13. The maximum Gasteiger partial charge on any atom is 0.263 e. The summed E-state index contributed by atoms with van der Waals surface area (Å²) in [5, 5.41) is 4.90. The molecular formula is C20H26N2O2S. The van der Waals surface area contributed by atoms with Gasteiger partial charge in [-0.3, -0.25) is 9.59 Å². The van der Waals surface area contributed by atoms with Crippen molar-refractivity contribution < 1.29 is 9.59 Å². The first-order chi connectivity index (χ1) is 12.0. The number of nitrogens with zero attached hydrogens (tertiary/aromatic N) is 1. The number of benzene rings is 1. The fourth-order valence-electron chi connectivity index (χ4n) is 2.65. The zero-order valence-electron chi connectivity index (χ0n) is 15.1. The molecule has 2 amide bonds. The highest BCUT2D eigenvalue weighted by atomic mass is 32.1. The van der Waals surface area contributed by atoms with Gasteiger partial charge in [0, 0.05) is 19.5 Å². The monoisotopic (exact) mass is 358 g/mol. The van der Waals surface area contributed by atoms with E-state index in [0.717, 1.165) is 10.4 Å². The van der Waals surface area contributed by atoms with Crippen molar-refractivity contribution in [3.8, 4) is 0 Å². The molecule has 1 heterocycles. The maximum atomic E-state index is 12.6. The molecule has 1 aromatic carbocycles. The molecule has 0 fully saturated rings. The number of nitrogens with one attached hydrogen (secondary N) is 1. The Morgan fingerprint density at radius 1 is 1.08 bits per heavy atom. The molecule has 134 valence electrons. The molecule has 5 heteroatoms. The van der Waals surface area contributed by atoms with Crippen molar-refractivity contribution in [2.45, 2.75) is 33.2 Å². The van der Waals surface area contributed by atoms with E-state index in [2.05, 4.69) is 19.2 Å². The summed E-state index contributed by atoms with van der Waals surface area (Å²) in [6.45, 7) is 7.20. The lowest BCUT2D eigenvalue weighted by Gasteiger charge is -2.24. The van der Waals surface area contributed by atoms with Crippen molar-refractivity contribution in [3.05, 3.63) is 58.3 Å². The van der Waals surface area contributed by atoms with Crippen LogP contribution >= 0.6 is 11.3 Å². The van der Waals surface area contributed by atoms with Crippen LogP contribution in [-0.4, -0.2) is 29.8 Å². The first kappa shape index (κ1) is 19.2. The summed E-state index contributed by atoms with van der Waals surface area (Å²) in [6, 6.07) is 13.5. The zero-order chi connectivity index (χ0) is 18.2. The summed E-state index contributed by atoms with van der Waals surface area (Å²) in [5.41, 5.74) is 1.07. The Labute approximate surface area is 153 Å². The lowest BCUT2D eigenvalue weighted by Crippen LogP contribution is -2.37. The van der Waals surface area contributed by atoms with Gasteiger partial charge in [-0.25, -0.2) is 0 Å². The lowest BCUT2D eigenvalue weighted by molar-refractivity contribution is -0.121. The predicted octanol–water partition coefficient (Wildman–Crippen LogP) is 4.11. The van der Waals surface area contributed by atoms with E-state index in [0.29, 0.717) is 25.4 Å². The fourth-order valence-corrected chi connectivity index (χ4v) is 3.34. The number of thiophene rings is 1. The van der Waals surface area contributed by atoms with Gasteiger partial charge in [-0.05, 0) is 29.9 Å². The van der Waals surface area contributed by atoms with E-state index in [1.807, 2.05) is 54.8 Å². The van der Waals surface area contributed by atoms with Gasteiger partial charge < -0.3 is 10.2 Å². The number of rotatable bonds is 8. The van der Waals surface area contributed by atoms with E-state index >= 15 is 0 Å². The third-order valence-corrected chi connectivity index (χ3v) is 4.75. The van der Waals surface area contributed by atoms with Gasteiger partial charge in [-0.2, -0.15) is 0 Å². The molecule has 0 aliphatic rings. The Kier molecular flexibility index (Phi) is 7.19. The summed E-state index contributed by atoms with van der Waals surface area (Å²) in [4.78, 5) is 27.4. The molecule has 4 nitrogen and oxygen atoms in total. The summed E-state index contributed by atoms with van der Waals surface area (Å²) in [7, 11) is 0. The molecule has 0 spiro atoms. The Hall–Kier alpha value is -2.14. The van der Waals surface area contributed by atoms with Crippen LogP contribution in [0.1, 0.15) is 48.5 Å². The van der Waals surface area contributed by atoms with Crippen LogP contribution in [0, 0.1) is 5.92 Å². The largest absolute Gasteiger partial charge is 0.350 e. The number of amides is 2. The van der Waals surface area contributed by atoms with Gasteiger partial charge in [-0.1, -0.05) is 50.2 Å². The Morgan fingerprint density at radius 3 is 2.40 bits per heavy atom. The van der Waals surface area contributed by atoms with Crippen LogP contribution in [-0.2, 0) is 4.79 Å². The molecule has 1 aromatic heterocycles. The second-order valence-electron chi connectivity index (χ2n) is 6.57. The van der Waals surface area contributed by atoms with Crippen molar-refractivity contribution >= 4 is 23.2 Å². The van der Waals surface area contributed by atoms with Crippen molar-refractivity contribution in [2.75, 3.05) is 13.1 Å². The summed E-state index contributed by atoms with van der Waals surface area (Å²) in [5.74, 6) is 0.326. The van der Waals surface area contributed by atoms with Crippen LogP contribution < -0.4 is 5.32 Å². The molecule has 0 saturated heterocycles. The molecule has 0 saturated carbocycles. The van der Waals surface area contributed by atoms with Crippen molar-refractivity contribution in [1.82, 2.24) is 10.2 Å². The quantitative estimate of drug-likeness (QED) is 0.772. The van der Waals surface area contributed by atoms with E-state index in [9.17, 15) is 9.59 Å². The van der Waals surface area contributed by atoms with Crippen LogP contribution in [0.5, 0.6) is 0 Å². The molecule has 1 N–H and O–H groups in total. The smallest absolute Gasteiger partial charge is 0.263 e. The van der Waals surface area contributed by atoms with Crippen molar-refractivity contribution in [2.24, 2.45) is 5.92 Å². The van der Waals surface area contributed by atoms with E-state index < -0.39 is 0 Å². The second-order valence-corrected chi connectivity index (χ2v) is 7.52. The molecule has 0 radical (unpaired) electrons. The lowest BCUT2D eigenvalue weighted by atomic mass is 10.1. The minimum Gasteiger partial charge on any atom is -0.350 e. The van der Waals surface area contributed by atoms with Crippen LogP contribution in [0.15, 0.2) is 47.8 Å². The first-order valence-electron chi connectivity index (χ1n) is 8.64. The summed E-state index contributed by atoms with van der Waals surface area (Å²) >= 11 is 1.44. The standard InChI is InChI=1S/C20H26N2O2S/c1-15(2)14-22(20(24)18-10-7-13-25-18)12-11-19(23)21-16(3)17-8-5-4-6-9-17/h4-10,13,15-16H,11-12,14H2,1-3H3,(H,21,23). The second kappa shape index (κ2) is 9.37. The number of hydrogen-bond donors (Lipinski definition) is 1. The molecular weight excluding hydrogens is 332 g/mol. The van der Waals surface area contributed by atoms with Crippen molar-refractivity contribution in [3.63, 3.8) is 0 Å². The van der Waals surface area contributed by atoms with E-state index in [1.165, 1.54) is 11.3 Å². The number of carbonyl (C=O) groups is 2. The van der Waals surface area contributed by atoms with E-state index in [1.54, 1.807) is 4.90 Å². The Morgan fingerprint density at radius 2 is 1.80 bits per heavy atom. The van der Waals surface area contributed by atoms with Gasteiger partial charge in [0.05, 0.1) is 10.9 Å². The highest BCUT2D eigenvalue weighted by molar-refractivity contribution is 7.12. The summed E-state index contributed by atoms with van der Waals surface area (Å²) < 4.78 is 0. The van der Waals surface area contributed by atoms with Gasteiger partial charge in [0.1, 0.15) is 0 Å². The SMILES string of the molecule is CC(C)CN(CCC(=O)NC(C)c1ccccc1)C(=O)c1cccs1. The van der Waals surface area contributed by atoms with Gasteiger partial charge >= 0.3 is 0 Å². The molecule has 1 unspecified atom stereocenters. The van der Waals surface area contributed by atoms with Gasteiger partial charge in [0.15, 0.2) is 0 Å². The molecule has 0 aliphatic heterocycles. The molecule has 0 bridgehead atoms. The Balaban J connectivity index is 1.91. The molecule has 2 rings (SSSR count). The van der Waals surface area contributed by atoms with Gasteiger partial charge in [-0.15, -0.1) is 11.3 Å². The topological polar surface area (TPSA) is 49.4 Å². The fraction of sp³-hybridized carbons (Fsp3) is 0.400. The van der Waals surface area contributed by atoms with Crippen LogP contribution in [0.3, 0.4) is 0 Å². The molecule has 0 aliphatic carbocycles. The first-order valence-corrected chi connectivity index (χ1v) is 9.52. The van der Waals surface area contributed by atoms with Crippen LogP contribution in [0.2, 0.25) is 0 Å².